The van der Waals surface area contributed by atoms with Gasteiger partial charge in [0.05, 0.1) is 0 Å². The summed E-state index contributed by atoms with van der Waals surface area (Å²) in [5.74, 6) is 0. The van der Waals surface area contributed by atoms with Crippen LogP contribution in [0.3, 0.4) is 0 Å². The lowest BCUT2D eigenvalue weighted by Gasteiger charge is -2.34. The molecule has 0 aromatic heterocycles. The molecule has 2 aliphatic heterocycles. The summed E-state index contributed by atoms with van der Waals surface area (Å²) in [6.07, 6.45) is 0. The molecule has 0 aromatic carbocycles. The van der Waals surface area contributed by atoms with Gasteiger partial charge < -0.3 is 27.8 Å². The summed E-state index contributed by atoms with van der Waals surface area (Å²) in [6.45, 7) is 16.8. The van der Waals surface area contributed by atoms with Gasteiger partial charge in [0.2, 0.25) is 0 Å². The van der Waals surface area contributed by atoms with Crippen LogP contribution in [0.1, 0.15) is 0 Å². The van der Waals surface area contributed by atoms with Crippen molar-refractivity contribution in [2.75, 3.05) is 105 Å². The highest BCUT2D eigenvalue weighted by Crippen LogP contribution is 1.99. The molecule has 0 aliphatic carbocycles. The van der Waals surface area contributed by atoms with E-state index >= 15 is 0 Å². The van der Waals surface area contributed by atoms with Gasteiger partial charge in [-0.05, 0) is 0 Å². The van der Waals surface area contributed by atoms with E-state index in [2.05, 4.69) is 25.3 Å². The van der Waals surface area contributed by atoms with Gasteiger partial charge in [0.25, 0.3) is 0 Å². The maximum atomic E-state index is 5.48. The van der Waals surface area contributed by atoms with E-state index < -0.39 is 0 Å². The van der Waals surface area contributed by atoms with Crippen LogP contribution in [0.2, 0.25) is 0 Å². The molecule has 0 atom stereocenters. The van der Waals surface area contributed by atoms with Crippen molar-refractivity contribution in [2.24, 2.45) is 17.2 Å². The summed E-state index contributed by atoms with van der Waals surface area (Å²) in [5, 5.41) is 6.63. The molecule has 2 heterocycles. The number of hydrogen-bond acceptors (Lipinski definition) is 8. The van der Waals surface area contributed by atoms with E-state index in [1.54, 1.807) is 0 Å². The smallest absolute Gasteiger partial charge is 0.0110 e. The van der Waals surface area contributed by atoms with E-state index in [9.17, 15) is 0 Å². The van der Waals surface area contributed by atoms with Crippen molar-refractivity contribution in [1.29, 1.82) is 0 Å². The predicted molar refractivity (Wildman–Crippen MR) is 102 cm³/mol. The Hall–Kier alpha value is -0.320. The molecule has 24 heavy (non-hydrogen) atoms. The molecule has 0 amide bonds. The molecule has 2 rings (SSSR count). The Balaban J connectivity index is 0.000000240. The summed E-state index contributed by atoms with van der Waals surface area (Å²) in [7, 11) is 0. The molecule has 144 valence electrons. The zero-order valence-electron chi connectivity index (χ0n) is 15.4. The quantitative estimate of drug-likeness (QED) is 0.281. The Kier molecular flexibility index (Phi) is 13.6. The molecule has 0 aromatic rings. The van der Waals surface area contributed by atoms with Gasteiger partial charge in [0.15, 0.2) is 0 Å². The topological polar surface area (TPSA) is 112 Å². The van der Waals surface area contributed by atoms with Gasteiger partial charge >= 0.3 is 0 Å². The first kappa shape index (κ1) is 21.7. The van der Waals surface area contributed by atoms with Gasteiger partial charge in [-0.2, -0.15) is 0 Å². The summed E-state index contributed by atoms with van der Waals surface area (Å²) >= 11 is 0. The minimum atomic E-state index is 0.738. The van der Waals surface area contributed by atoms with Gasteiger partial charge in [0, 0.05) is 105 Å². The molecule has 2 saturated heterocycles. The zero-order valence-corrected chi connectivity index (χ0v) is 15.4. The molecule has 0 spiro atoms. The molecule has 2 fully saturated rings. The number of rotatable bonds is 9. The molecule has 8 N–H and O–H groups in total. The van der Waals surface area contributed by atoms with Gasteiger partial charge in [-0.25, -0.2) is 0 Å². The zero-order chi connectivity index (χ0) is 17.5. The number of hydrogen-bond donors (Lipinski definition) is 5. The molecular weight excluding hydrogens is 304 g/mol. The summed E-state index contributed by atoms with van der Waals surface area (Å²) in [5.41, 5.74) is 16.3. The lowest BCUT2D eigenvalue weighted by molar-refractivity contribution is 0.138. The standard InChI is InChI=1S/2C8H20N4/c9-1-3-11-5-7-12(4-2-10)8-6-11;9-1-2-10-3-6-12-7-4-11-5-8-12/h1-10H2;10-11H,1-9H2. The number of nitrogens with two attached hydrogens (primary N) is 3. The van der Waals surface area contributed by atoms with Crippen molar-refractivity contribution in [3.05, 3.63) is 0 Å². The monoisotopic (exact) mass is 344 g/mol. The van der Waals surface area contributed by atoms with Crippen LogP contribution >= 0.6 is 0 Å². The lowest BCUT2D eigenvalue weighted by atomic mass is 10.3. The summed E-state index contributed by atoms with van der Waals surface area (Å²) in [4.78, 5) is 7.29. The fraction of sp³-hybridized carbons (Fsp3) is 1.00. The highest BCUT2D eigenvalue weighted by atomic mass is 15.3. The second-order valence-electron chi connectivity index (χ2n) is 6.39. The molecule has 8 heteroatoms. The molecule has 2 aliphatic rings. The van der Waals surface area contributed by atoms with E-state index in [1.165, 1.54) is 13.1 Å². The largest absolute Gasteiger partial charge is 0.329 e. The van der Waals surface area contributed by atoms with E-state index in [0.717, 1.165) is 91.6 Å². The Morgan fingerprint density at radius 2 is 1.12 bits per heavy atom. The van der Waals surface area contributed by atoms with Crippen LogP contribution in [0, 0.1) is 0 Å². The third-order valence-electron chi connectivity index (χ3n) is 4.49. The van der Waals surface area contributed by atoms with Crippen LogP contribution in [0.4, 0.5) is 0 Å². The molecule has 0 radical (unpaired) electrons. The molecule has 8 nitrogen and oxygen atoms in total. The summed E-state index contributed by atoms with van der Waals surface area (Å²) < 4.78 is 0. The second-order valence-corrected chi connectivity index (χ2v) is 6.39. The Labute approximate surface area is 148 Å². The van der Waals surface area contributed by atoms with Crippen LogP contribution in [-0.4, -0.2) is 119 Å². The normalized spacial score (nSPS) is 20.6. The molecule has 0 unspecified atom stereocenters. The SMILES string of the molecule is NCCN1CCN(CCN)CC1.NCCNCCN1CCNCC1. The minimum Gasteiger partial charge on any atom is -0.329 e. The first-order chi connectivity index (χ1) is 11.8. The number of nitrogens with one attached hydrogen (secondary N) is 2. The average Bonchev–Trinajstić information content (AvgIpc) is 2.62. The van der Waals surface area contributed by atoms with Crippen molar-refractivity contribution >= 4 is 0 Å². The van der Waals surface area contributed by atoms with Crippen molar-refractivity contribution in [1.82, 2.24) is 25.3 Å². The van der Waals surface area contributed by atoms with Crippen molar-refractivity contribution < 1.29 is 0 Å². The maximum Gasteiger partial charge on any atom is 0.0110 e. The predicted octanol–water partition coefficient (Wildman–Crippen LogP) is -3.04. The first-order valence-corrected chi connectivity index (χ1v) is 9.49. The third kappa shape index (κ3) is 10.5. The fourth-order valence-corrected chi connectivity index (χ4v) is 3.00. The number of piperazine rings is 2. The highest BCUT2D eigenvalue weighted by Gasteiger charge is 2.14. The highest BCUT2D eigenvalue weighted by molar-refractivity contribution is 4.72. The van der Waals surface area contributed by atoms with Gasteiger partial charge in [-0.3, -0.25) is 14.7 Å². The average molecular weight is 345 g/mol. The van der Waals surface area contributed by atoms with Crippen LogP contribution in [0.5, 0.6) is 0 Å². The Morgan fingerprint density at radius 1 is 0.625 bits per heavy atom. The van der Waals surface area contributed by atoms with Crippen LogP contribution < -0.4 is 27.8 Å². The Bertz CT molecular complexity index is 245. The van der Waals surface area contributed by atoms with Crippen LogP contribution in [0.15, 0.2) is 0 Å². The summed E-state index contributed by atoms with van der Waals surface area (Å²) in [6, 6.07) is 0. The van der Waals surface area contributed by atoms with E-state index in [1.807, 2.05) is 0 Å². The molecule has 0 bridgehead atoms. The molecule has 0 saturated carbocycles. The van der Waals surface area contributed by atoms with E-state index in [-0.39, 0.29) is 0 Å². The fourth-order valence-electron chi connectivity index (χ4n) is 3.00. The van der Waals surface area contributed by atoms with E-state index in [0.29, 0.717) is 0 Å². The van der Waals surface area contributed by atoms with Crippen molar-refractivity contribution in [3.8, 4) is 0 Å². The van der Waals surface area contributed by atoms with Gasteiger partial charge in [-0.15, -0.1) is 0 Å². The van der Waals surface area contributed by atoms with Crippen molar-refractivity contribution in [2.45, 2.75) is 0 Å². The van der Waals surface area contributed by atoms with Crippen molar-refractivity contribution in [3.63, 3.8) is 0 Å². The van der Waals surface area contributed by atoms with Crippen LogP contribution in [0.25, 0.3) is 0 Å². The van der Waals surface area contributed by atoms with E-state index in [4.69, 9.17) is 17.2 Å². The second kappa shape index (κ2) is 15.0. The van der Waals surface area contributed by atoms with Crippen LogP contribution in [-0.2, 0) is 0 Å². The third-order valence-corrected chi connectivity index (χ3v) is 4.49. The lowest BCUT2D eigenvalue weighted by Crippen LogP contribution is -2.48. The van der Waals surface area contributed by atoms with Gasteiger partial charge in [-0.1, -0.05) is 0 Å². The first-order valence-electron chi connectivity index (χ1n) is 9.49. The minimum absolute atomic E-state index is 0.738. The maximum absolute atomic E-state index is 5.48. The Morgan fingerprint density at radius 3 is 1.58 bits per heavy atom. The van der Waals surface area contributed by atoms with Gasteiger partial charge in [0.1, 0.15) is 0 Å². The number of nitrogens with zero attached hydrogens (tertiary/aromatic N) is 3. The molecular formula is C16H40N8.